The smallest absolute Gasteiger partial charge is 0.00748 e. The molecule has 0 spiro atoms. The molecule has 1 aliphatic rings. The second kappa shape index (κ2) is 6.31. The molecule has 2 heteroatoms. The molecule has 1 aliphatic carbocycles. The summed E-state index contributed by atoms with van der Waals surface area (Å²) in [4.78, 5) is 1.46. The van der Waals surface area contributed by atoms with Gasteiger partial charge in [0.1, 0.15) is 0 Å². The van der Waals surface area contributed by atoms with E-state index in [2.05, 4.69) is 23.5 Å². The van der Waals surface area contributed by atoms with Gasteiger partial charge in [-0.2, -0.15) is 0 Å². The van der Waals surface area contributed by atoms with Gasteiger partial charge in [-0.3, -0.25) is 0 Å². The van der Waals surface area contributed by atoms with Crippen LogP contribution < -0.4 is 5.32 Å². The van der Waals surface area contributed by atoms with Crippen LogP contribution in [0.25, 0.3) is 0 Å². The molecular formula is C14H21NS. The molecule has 1 aromatic rings. The first-order valence-corrected chi connectivity index (χ1v) is 7.28. The fraction of sp³-hybridized carbons (Fsp3) is 0.571. The van der Waals surface area contributed by atoms with Crippen LogP contribution in [-0.4, -0.2) is 19.3 Å². The molecule has 0 aromatic heterocycles. The Labute approximate surface area is 103 Å². The van der Waals surface area contributed by atoms with E-state index in [4.69, 9.17) is 0 Å². The molecule has 88 valence electrons. The third kappa shape index (κ3) is 3.26. The zero-order chi connectivity index (χ0) is 11.2. The lowest BCUT2D eigenvalue weighted by atomic mass is 10.1. The van der Waals surface area contributed by atoms with Crippen LogP contribution in [0, 0.1) is 0 Å². The third-order valence-electron chi connectivity index (χ3n) is 3.16. The van der Waals surface area contributed by atoms with E-state index in [1.807, 2.05) is 18.8 Å². The van der Waals surface area contributed by atoms with Gasteiger partial charge in [-0.25, -0.2) is 0 Å². The van der Waals surface area contributed by atoms with Crippen LogP contribution in [0.2, 0.25) is 0 Å². The molecule has 0 unspecified atom stereocenters. The summed E-state index contributed by atoms with van der Waals surface area (Å²) in [5, 5.41) is 3.19. The maximum absolute atomic E-state index is 3.19. The molecule has 0 aliphatic heterocycles. The number of rotatable bonds is 6. The minimum absolute atomic E-state index is 1.14. The van der Waals surface area contributed by atoms with Crippen LogP contribution in [0.5, 0.6) is 0 Å². The van der Waals surface area contributed by atoms with E-state index in [9.17, 15) is 0 Å². The molecule has 0 fully saturated rings. The molecule has 2 rings (SSSR count). The molecule has 1 aromatic carbocycles. The Morgan fingerprint density at radius 1 is 1.19 bits per heavy atom. The molecule has 0 heterocycles. The molecule has 0 atom stereocenters. The van der Waals surface area contributed by atoms with Crippen molar-refractivity contribution >= 4 is 11.8 Å². The van der Waals surface area contributed by atoms with Crippen LogP contribution in [0.4, 0.5) is 0 Å². The predicted molar refractivity (Wildman–Crippen MR) is 72.4 cm³/mol. The van der Waals surface area contributed by atoms with Gasteiger partial charge in [-0.15, -0.1) is 11.8 Å². The van der Waals surface area contributed by atoms with Gasteiger partial charge < -0.3 is 5.32 Å². The van der Waals surface area contributed by atoms with Crippen LogP contribution in [-0.2, 0) is 12.8 Å². The van der Waals surface area contributed by atoms with Gasteiger partial charge >= 0.3 is 0 Å². The quantitative estimate of drug-likeness (QED) is 0.600. The molecule has 0 saturated heterocycles. The lowest BCUT2D eigenvalue weighted by Crippen LogP contribution is -2.07. The third-order valence-corrected chi connectivity index (χ3v) is 4.24. The fourth-order valence-electron chi connectivity index (χ4n) is 2.23. The normalized spacial score (nSPS) is 14.1. The van der Waals surface area contributed by atoms with Gasteiger partial charge in [0.25, 0.3) is 0 Å². The second-order valence-corrected chi connectivity index (χ2v) is 5.61. The summed E-state index contributed by atoms with van der Waals surface area (Å²) in [5.74, 6) is 1.25. The molecule has 0 bridgehead atoms. The summed E-state index contributed by atoms with van der Waals surface area (Å²) in [6.07, 6.45) is 6.54. The minimum Gasteiger partial charge on any atom is -0.320 e. The van der Waals surface area contributed by atoms with Crippen molar-refractivity contribution in [2.45, 2.75) is 37.0 Å². The van der Waals surface area contributed by atoms with Gasteiger partial charge in [0.15, 0.2) is 0 Å². The SMILES string of the molecule is CNCCCCSc1ccc2c(c1)CCC2. The van der Waals surface area contributed by atoms with Crippen molar-refractivity contribution < 1.29 is 0 Å². The maximum atomic E-state index is 3.19. The van der Waals surface area contributed by atoms with E-state index in [0.29, 0.717) is 0 Å². The first kappa shape index (κ1) is 12.0. The number of thioether (sulfide) groups is 1. The number of fused-ring (bicyclic) bond motifs is 1. The largest absolute Gasteiger partial charge is 0.320 e. The first-order valence-electron chi connectivity index (χ1n) is 6.29. The van der Waals surface area contributed by atoms with Crippen molar-refractivity contribution in [3.63, 3.8) is 0 Å². The number of unbranched alkanes of at least 4 members (excludes halogenated alkanes) is 1. The Kier molecular flexibility index (Phi) is 4.73. The lowest BCUT2D eigenvalue weighted by Gasteiger charge is -2.04. The van der Waals surface area contributed by atoms with E-state index in [1.165, 1.54) is 42.8 Å². The summed E-state index contributed by atoms with van der Waals surface area (Å²) < 4.78 is 0. The van der Waals surface area contributed by atoms with Crippen molar-refractivity contribution in [1.82, 2.24) is 5.32 Å². The first-order chi connectivity index (χ1) is 7.90. The number of benzene rings is 1. The van der Waals surface area contributed by atoms with E-state index < -0.39 is 0 Å². The highest BCUT2D eigenvalue weighted by Crippen LogP contribution is 2.27. The standard InChI is InChI=1S/C14H21NS/c1-15-9-2-3-10-16-14-8-7-12-5-4-6-13(12)11-14/h7-8,11,15H,2-6,9-10H2,1H3. The van der Waals surface area contributed by atoms with Crippen LogP contribution in [0.15, 0.2) is 23.1 Å². The molecule has 0 radical (unpaired) electrons. The van der Waals surface area contributed by atoms with Gasteiger partial charge in [0.05, 0.1) is 0 Å². The number of hydrogen-bond donors (Lipinski definition) is 1. The van der Waals surface area contributed by atoms with Gasteiger partial charge in [0.2, 0.25) is 0 Å². The Bertz CT molecular complexity index is 336. The summed E-state index contributed by atoms with van der Waals surface area (Å²) in [6, 6.07) is 7.04. The fourth-order valence-corrected chi connectivity index (χ4v) is 3.21. The van der Waals surface area contributed by atoms with E-state index in [-0.39, 0.29) is 0 Å². The summed E-state index contributed by atoms with van der Waals surface area (Å²) in [6.45, 7) is 1.14. The summed E-state index contributed by atoms with van der Waals surface area (Å²) >= 11 is 2.01. The number of hydrogen-bond acceptors (Lipinski definition) is 2. The Balaban J connectivity index is 1.77. The van der Waals surface area contributed by atoms with Crippen LogP contribution in [0.1, 0.15) is 30.4 Å². The van der Waals surface area contributed by atoms with Crippen molar-refractivity contribution in [2.75, 3.05) is 19.3 Å². The highest BCUT2D eigenvalue weighted by Gasteiger charge is 2.10. The Morgan fingerprint density at radius 2 is 2.06 bits per heavy atom. The van der Waals surface area contributed by atoms with Gasteiger partial charge in [0, 0.05) is 4.90 Å². The monoisotopic (exact) mass is 235 g/mol. The Morgan fingerprint density at radius 3 is 2.94 bits per heavy atom. The summed E-state index contributed by atoms with van der Waals surface area (Å²) in [7, 11) is 2.02. The number of nitrogens with one attached hydrogen (secondary N) is 1. The van der Waals surface area contributed by atoms with E-state index in [1.54, 1.807) is 11.1 Å². The molecule has 0 amide bonds. The van der Waals surface area contributed by atoms with Crippen molar-refractivity contribution in [2.24, 2.45) is 0 Å². The van der Waals surface area contributed by atoms with Crippen LogP contribution >= 0.6 is 11.8 Å². The topological polar surface area (TPSA) is 12.0 Å². The molecule has 1 N–H and O–H groups in total. The highest BCUT2D eigenvalue weighted by molar-refractivity contribution is 7.99. The average Bonchev–Trinajstić information content (AvgIpc) is 2.76. The highest BCUT2D eigenvalue weighted by atomic mass is 32.2. The lowest BCUT2D eigenvalue weighted by molar-refractivity contribution is 0.715. The van der Waals surface area contributed by atoms with Crippen molar-refractivity contribution in [3.8, 4) is 0 Å². The maximum Gasteiger partial charge on any atom is 0.00748 e. The van der Waals surface area contributed by atoms with Crippen LogP contribution in [0.3, 0.4) is 0 Å². The Hall–Kier alpha value is -0.470. The van der Waals surface area contributed by atoms with E-state index >= 15 is 0 Å². The zero-order valence-electron chi connectivity index (χ0n) is 10.1. The second-order valence-electron chi connectivity index (χ2n) is 4.44. The number of aryl methyl sites for hydroxylation is 2. The molecular weight excluding hydrogens is 214 g/mol. The minimum atomic E-state index is 1.14. The zero-order valence-corrected chi connectivity index (χ0v) is 10.9. The van der Waals surface area contributed by atoms with Gasteiger partial charge in [-0.1, -0.05) is 6.07 Å². The average molecular weight is 235 g/mol. The molecule has 0 saturated carbocycles. The van der Waals surface area contributed by atoms with E-state index in [0.717, 1.165) is 6.54 Å². The van der Waals surface area contributed by atoms with Gasteiger partial charge in [-0.05, 0) is 74.7 Å². The predicted octanol–water partition coefficient (Wildman–Crippen LogP) is 3.27. The van der Waals surface area contributed by atoms with Crippen molar-refractivity contribution in [1.29, 1.82) is 0 Å². The summed E-state index contributed by atoms with van der Waals surface area (Å²) in [5.41, 5.74) is 3.18. The molecule has 16 heavy (non-hydrogen) atoms. The van der Waals surface area contributed by atoms with Crippen molar-refractivity contribution in [3.05, 3.63) is 29.3 Å². The molecule has 1 nitrogen and oxygen atoms in total.